The van der Waals surface area contributed by atoms with E-state index in [9.17, 15) is 35.9 Å². The van der Waals surface area contributed by atoms with Gasteiger partial charge in [-0.25, -0.2) is 14.6 Å². The average Bonchev–Trinajstić information content (AvgIpc) is 2.51. The van der Waals surface area contributed by atoms with Crippen molar-refractivity contribution in [2.45, 2.75) is 26.2 Å². The van der Waals surface area contributed by atoms with Gasteiger partial charge in [0.1, 0.15) is 11.1 Å². The number of aromatic nitrogens is 1. The van der Waals surface area contributed by atoms with Crippen molar-refractivity contribution >= 4 is 11.9 Å². The van der Waals surface area contributed by atoms with Gasteiger partial charge in [-0.2, -0.15) is 26.3 Å². The van der Waals surface area contributed by atoms with Gasteiger partial charge in [-0.15, -0.1) is 0 Å². The van der Waals surface area contributed by atoms with Crippen LogP contribution in [0.5, 0.6) is 5.75 Å². The van der Waals surface area contributed by atoms with Crippen LogP contribution >= 0.6 is 0 Å². The fraction of sp³-hybridized carbons (Fsp3) is 0.500. The Morgan fingerprint density at radius 2 is 1.19 bits per heavy atom. The SMILES string of the molecule is CCOC(=O)c1c(C(F)(F)F)nc(C(F)(F)F)c(C(=O)OCC)c1OC. The molecule has 0 unspecified atom stereocenters. The lowest BCUT2D eigenvalue weighted by Gasteiger charge is -2.20. The molecule has 1 heterocycles. The molecule has 1 rings (SSSR count). The Hall–Kier alpha value is -2.53. The molecule has 6 nitrogen and oxygen atoms in total. The molecule has 0 radical (unpaired) electrons. The molecule has 0 aliphatic rings. The highest BCUT2D eigenvalue weighted by Gasteiger charge is 2.48. The Morgan fingerprint density at radius 1 is 0.846 bits per heavy atom. The van der Waals surface area contributed by atoms with E-state index in [2.05, 4.69) is 19.2 Å². The van der Waals surface area contributed by atoms with Gasteiger partial charge in [0.25, 0.3) is 0 Å². The summed E-state index contributed by atoms with van der Waals surface area (Å²) < 4.78 is 92.6. The Morgan fingerprint density at radius 3 is 1.42 bits per heavy atom. The van der Waals surface area contributed by atoms with E-state index in [0.29, 0.717) is 7.11 Å². The smallest absolute Gasteiger partial charge is 0.434 e. The number of nitrogens with zero attached hydrogens (tertiary/aromatic N) is 1. The second-order valence-corrected chi connectivity index (χ2v) is 4.53. The second-order valence-electron chi connectivity index (χ2n) is 4.53. The summed E-state index contributed by atoms with van der Waals surface area (Å²) >= 11 is 0. The summed E-state index contributed by atoms with van der Waals surface area (Å²) in [6, 6.07) is 0. The molecule has 0 aromatic carbocycles. The lowest BCUT2D eigenvalue weighted by atomic mass is 10.0. The molecule has 1 aromatic rings. The Balaban J connectivity index is 4.02. The molecule has 0 saturated carbocycles. The first-order valence-corrected chi connectivity index (χ1v) is 7.00. The summed E-state index contributed by atoms with van der Waals surface area (Å²) in [5, 5.41) is 0. The van der Waals surface area contributed by atoms with Crippen LogP contribution in [0.1, 0.15) is 46.0 Å². The molecule has 0 saturated heterocycles. The molecule has 0 atom stereocenters. The largest absolute Gasteiger partial charge is 0.495 e. The van der Waals surface area contributed by atoms with E-state index in [-0.39, 0.29) is 13.2 Å². The highest BCUT2D eigenvalue weighted by molar-refractivity contribution is 6.01. The number of alkyl halides is 6. The minimum Gasteiger partial charge on any atom is -0.495 e. The molecular formula is C14H13F6NO5. The number of hydrogen-bond acceptors (Lipinski definition) is 6. The third-order valence-corrected chi connectivity index (χ3v) is 2.85. The Labute approximate surface area is 143 Å². The van der Waals surface area contributed by atoms with Gasteiger partial charge in [-0.1, -0.05) is 0 Å². The number of carbonyl (C=O) groups excluding carboxylic acids is 2. The summed E-state index contributed by atoms with van der Waals surface area (Å²) in [5.41, 5.74) is -7.27. The number of ether oxygens (including phenoxy) is 3. The van der Waals surface area contributed by atoms with Gasteiger partial charge in [-0.3, -0.25) is 0 Å². The lowest BCUT2D eigenvalue weighted by molar-refractivity contribution is -0.151. The Bertz CT molecular complexity index is 644. The third-order valence-electron chi connectivity index (χ3n) is 2.85. The quantitative estimate of drug-likeness (QED) is 0.567. The second kappa shape index (κ2) is 7.79. The Kier molecular flexibility index (Phi) is 6.44. The monoisotopic (exact) mass is 389 g/mol. The highest BCUT2D eigenvalue weighted by atomic mass is 19.4. The molecule has 0 bridgehead atoms. The van der Waals surface area contributed by atoms with Crippen molar-refractivity contribution in [3.63, 3.8) is 0 Å². The first-order chi connectivity index (χ1) is 11.9. The van der Waals surface area contributed by atoms with Gasteiger partial charge < -0.3 is 14.2 Å². The summed E-state index contributed by atoms with van der Waals surface area (Å²) in [7, 11) is 0.696. The molecule has 146 valence electrons. The van der Waals surface area contributed by atoms with Gasteiger partial charge in [-0.05, 0) is 13.8 Å². The maximum Gasteiger partial charge on any atom is 0.434 e. The van der Waals surface area contributed by atoms with Crippen molar-refractivity contribution in [2.24, 2.45) is 0 Å². The van der Waals surface area contributed by atoms with Gasteiger partial charge in [0, 0.05) is 0 Å². The van der Waals surface area contributed by atoms with Crippen LogP contribution in [-0.2, 0) is 21.8 Å². The number of rotatable bonds is 5. The van der Waals surface area contributed by atoms with E-state index in [0.717, 1.165) is 0 Å². The zero-order valence-electron chi connectivity index (χ0n) is 13.7. The predicted molar refractivity (Wildman–Crippen MR) is 72.7 cm³/mol. The number of carbonyl (C=O) groups is 2. The number of halogens is 6. The van der Waals surface area contributed by atoms with Crippen LogP contribution < -0.4 is 4.74 Å². The van der Waals surface area contributed by atoms with E-state index in [1.807, 2.05) is 0 Å². The van der Waals surface area contributed by atoms with Crippen LogP contribution in [-0.4, -0.2) is 37.2 Å². The lowest BCUT2D eigenvalue weighted by Crippen LogP contribution is -2.26. The zero-order valence-corrected chi connectivity index (χ0v) is 13.7. The van der Waals surface area contributed by atoms with Crippen LogP contribution in [0.25, 0.3) is 0 Å². The molecule has 1 aromatic heterocycles. The average molecular weight is 389 g/mol. The fourth-order valence-corrected chi connectivity index (χ4v) is 1.96. The summed E-state index contributed by atoms with van der Waals surface area (Å²) in [6.45, 7) is 1.77. The van der Waals surface area contributed by atoms with Gasteiger partial charge in [0.05, 0.1) is 20.3 Å². The van der Waals surface area contributed by atoms with E-state index in [4.69, 9.17) is 0 Å². The van der Waals surface area contributed by atoms with Crippen LogP contribution in [0, 0.1) is 0 Å². The topological polar surface area (TPSA) is 74.7 Å². The van der Waals surface area contributed by atoms with E-state index in [1.54, 1.807) is 0 Å². The van der Waals surface area contributed by atoms with E-state index in [1.165, 1.54) is 13.8 Å². The molecule has 12 heteroatoms. The van der Waals surface area contributed by atoms with Gasteiger partial charge in [0.2, 0.25) is 0 Å². The number of esters is 2. The van der Waals surface area contributed by atoms with Crippen LogP contribution in [0.15, 0.2) is 0 Å². The maximum absolute atomic E-state index is 13.2. The number of pyridine rings is 1. The molecule has 0 fully saturated rings. The van der Waals surface area contributed by atoms with Gasteiger partial charge >= 0.3 is 24.3 Å². The molecular weight excluding hydrogens is 376 g/mol. The van der Waals surface area contributed by atoms with Crippen molar-refractivity contribution in [2.75, 3.05) is 20.3 Å². The van der Waals surface area contributed by atoms with Crippen molar-refractivity contribution in [1.29, 1.82) is 0 Å². The van der Waals surface area contributed by atoms with Crippen LogP contribution in [0.4, 0.5) is 26.3 Å². The standard InChI is InChI=1S/C14H13F6NO5/c1-4-25-11(22)6-8(24-3)7(12(23)26-5-2)10(14(18,19)20)21-9(6)13(15,16)17/h4-5H2,1-3H3. The molecule has 0 amide bonds. The van der Waals surface area contributed by atoms with Crippen LogP contribution in [0.3, 0.4) is 0 Å². The van der Waals surface area contributed by atoms with Crippen molar-refractivity contribution < 1.29 is 50.1 Å². The highest BCUT2D eigenvalue weighted by Crippen LogP contribution is 2.42. The van der Waals surface area contributed by atoms with Crippen LogP contribution in [0.2, 0.25) is 0 Å². The zero-order chi connectivity index (χ0) is 20.3. The first-order valence-electron chi connectivity index (χ1n) is 7.00. The molecule has 0 aliphatic carbocycles. The minimum absolute atomic E-state index is 0.380. The summed E-state index contributed by atoms with van der Waals surface area (Å²) in [6.07, 6.45) is -10.9. The fourth-order valence-electron chi connectivity index (χ4n) is 1.96. The predicted octanol–water partition coefficient (Wildman–Crippen LogP) is 3.48. The first kappa shape index (κ1) is 21.5. The molecule has 0 aliphatic heterocycles. The molecule has 0 spiro atoms. The van der Waals surface area contributed by atoms with E-state index >= 15 is 0 Å². The minimum atomic E-state index is -5.46. The summed E-state index contributed by atoms with van der Waals surface area (Å²) in [5.74, 6) is -4.58. The van der Waals surface area contributed by atoms with Gasteiger partial charge in [0.15, 0.2) is 17.1 Å². The molecule has 0 N–H and O–H groups in total. The third kappa shape index (κ3) is 4.35. The number of methoxy groups -OCH3 is 1. The van der Waals surface area contributed by atoms with E-state index < -0.39 is 52.6 Å². The summed E-state index contributed by atoms with van der Waals surface area (Å²) in [4.78, 5) is 26.3. The normalized spacial score (nSPS) is 11.9. The van der Waals surface area contributed by atoms with Crippen molar-refractivity contribution in [3.05, 3.63) is 22.5 Å². The van der Waals surface area contributed by atoms with Crippen molar-refractivity contribution in [1.82, 2.24) is 4.98 Å². The van der Waals surface area contributed by atoms with Crippen molar-refractivity contribution in [3.8, 4) is 5.75 Å². The molecule has 26 heavy (non-hydrogen) atoms. The number of hydrogen-bond donors (Lipinski definition) is 0. The maximum atomic E-state index is 13.2.